The third-order valence-electron chi connectivity index (χ3n) is 4.31. The normalized spacial score (nSPS) is 11.4. The van der Waals surface area contributed by atoms with E-state index in [1.54, 1.807) is 25.4 Å². The monoisotopic (exact) mass is 451 g/mol. The van der Waals surface area contributed by atoms with Crippen LogP contribution in [0.1, 0.15) is 23.7 Å². The first-order valence-electron chi connectivity index (χ1n) is 9.25. The second-order valence-corrected chi connectivity index (χ2v) is 7.72. The Balaban J connectivity index is 1.96. The standard InChI is InChI=1S/C22H18ClN5O2S/c1-14(29-2)12-30-16-6-7-19(27-11-16)20-17(9-24)21(23)28-22(18(20)10-25)31-13-15-5-3-4-8-26-15/h3-8,11,14H,12-13H2,1-2H3/t14-/m0/s1. The van der Waals surface area contributed by atoms with E-state index in [2.05, 4.69) is 21.0 Å². The summed E-state index contributed by atoms with van der Waals surface area (Å²) >= 11 is 7.62. The van der Waals surface area contributed by atoms with E-state index in [-0.39, 0.29) is 22.4 Å². The number of pyridine rings is 3. The molecule has 156 valence electrons. The molecule has 31 heavy (non-hydrogen) atoms. The SMILES string of the molecule is CO[C@@H](C)COc1ccc(-c2c(C#N)c(Cl)nc(SCc3ccccn3)c2C#N)nc1. The van der Waals surface area contributed by atoms with Gasteiger partial charge in [-0.2, -0.15) is 10.5 Å². The number of methoxy groups -OCH3 is 1. The van der Waals surface area contributed by atoms with Crippen molar-refractivity contribution in [2.75, 3.05) is 13.7 Å². The molecule has 0 spiro atoms. The van der Waals surface area contributed by atoms with Crippen LogP contribution < -0.4 is 4.74 Å². The Morgan fingerprint density at radius 1 is 1.13 bits per heavy atom. The minimum Gasteiger partial charge on any atom is -0.489 e. The summed E-state index contributed by atoms with van der Waals surface area (Å²) < 4.78 is 10.8. The van der Waals surface area contributed by atoms with Gasteiger partial charge >= 0.3 is 0 Å². The Labute approximate surface area is 189 Å². The Morgan fingerprint density at radius 2 is 1.94 bits per heavy atom. The fourth-order valence-corrected chi connectivity index (χ4v) is 3.80. The van der Waals surface area contributed by atoms with E-state index in [4.69, 9.17) is 21.1 Å². The molecule has 0 radical (unpaired) electrons. The van der Waals surface area contributed by atoms with Gasteiger partial charge in [-0.1, -0.05) is 29.4 Å². The molecule has 0 unspecified atom stereocenters. The summed E-state index contributed by atoms with van der Waals surface area (Å²) in [6.45, 7) is 2.27. The molecule has 0 saturated heterocycles. The fraction of sp³-hybridized carbons (Fsp3) is 0.227. The molecular formula is C22H18ClN5O2S. The van der Waals surface area contributed by atoms with Crippen LogP contribution in [-0.2, 0) is 10.5 Å². The number of hydrogen-bond acceptors (Lipinski definition) is 8. The summed E-state index contributed by atoms with van der Waals surface area (Å²) in [4.78, 5) is 13.0. The number of thioether (sulfide) groups is 1. The number of hydrogen-bond donors (Lipinski definition) is 0. The Bertz CT molecular complexity index is 1130. The molecule has 0 saturated carbocycles. The van der Waals surface area contributed by atoms with Crippen LogP contribution in [0.4, 0.5) is 0 Å². The lowest BCUT2D eigenvalue weighted by Gasteiger charge is -2.13. The van der Waals surface area contributed by atoms with Gasteiger partial charge in [-0.15, -0.1) is 0 Å². The third-order valence-corrected chi connectivity index (χ3v) is 5.59. The van der Waals surface area contributed by atoms with E-state index in [1.807, 2.05) is 31.2 Å². The molecule has 9 heteroatoms. The fourth-order valence-electron chi connectivity index (χ4n) is 2.62. The zero-order valence-electron chi connectivity index (χ0n) is 16.9. The van der Waals surface area contributed by atoms with Gasteiger partial charge in [0.25, 0.3) is 0 Å². The van der Waals surface area contributed by atoms with Crippen LogP contribution in [0, 0.1) is 22.7 Å². The number of rotatable bonds is 8. The van der Waals surface area contributed by atoms with E-state index in [1.165, 1.54) is 18.0 Å². The van der Waals surface area contributed by atoms with Gasteiger partial charge in [0, 0.05) is 24.6 Å². The molecule has 0 N–H and O–H groups in total. The minimum absolute atomic E-state index is 0.0241. The first-order valence-corrected chi connectivity index (χ1v) is 10.6. The molecule has 0 aliphatic rings. The van der Waals surface area contributed by atoms with Crippen LogP contribution in [0.15, 0.2) is 47.8 Å². The first-order chi connectivity index (χ1) is 15.1. The van der Waals surface area contributed by atoms with Gasteiger partial charge in [-0.25, -0.2) is 4.98 Å². The number of aromatic nitrogens is 3. The molecule has 3 rings (SSSR count). The van der Waals surface area contributed by atoms with Gasteiger partial charge in [-0.05, 0) is 31.2 Å². The first kappa shape index (κ1) is 22.5. The zero-order chi connectivity index (χ0) is 22.2. The second-order valence-electron chi connectivity index (χ2n) is 6.40. The maximum absolute atomic E-state index is 9.86. The summed E-state index contributed by atoms with van der Waals surface area (Å²) in [7, 11) is 1.61. The summed E-state index contributed by atoms with van der Waals surface area (Å²) in [6, 6.07) is 13.2. The van der Waals surface area contributed by atoms with Crippen molar-refractivity contribution in [3.63, 3.8) is 0 Å². The predicted molar refractivity (Wildman–Crippen MR) is 118 cm³/mol. The van der Waals surface area contributed by atoms with Gasteiger partial charge in [-0.3, -0.25) is 9.97 Å². The highest BCUT2D eigenvalue weighted by molar-refractivity contribution is 7.98. The number of nitriles is 2. The van der Waals surface area contributed by atoms with Gasteiger partial charge in [0.05, 0.1) is 29.3 Å². The highest BCUT2D eigenvalue weighted by Gasteiger charge is 2.22. The molecule has 0 aliphatic carbocycles. The van der Waals surface area contributed by atoms with Crippen molar-refractivity contribution in [2.24, 2.45) is 0 Å². The molecule has 1 atom stereocenters. The van der Waals surface area contributed by atoms with E-state index in [0.717, 1.165) is 5.69 Å². The van der Waals surface area contributed by atoms with Crippen molar-refractivity contribution in [3.05, 3.63) is 64.7 Å². The van der Waals surface area contributed by atoms with Crippen molar-refractivity contribution in [1.29, 1.82) is 10.5 Å². The highest BCUT2D eigenvalue weighted by Crippen LogP contribution is 2.36. The van der Waals surface area contributed by atoms with Crippen molar-refractivity contribution < 1.29 is 9.47 Å². The highest BCUT2D eigenvalue weighted by atomic mass is 35.5. The molecule has 0 bridgehead atoms. The average molecular weight is 452 g/mol. The Kier molecular flexibility index (Phi) is 7.80. The topological polar surface area (TPSA) is 105 Å². The maximum Gasteiger partial charge on any atom is 0.148 e. The lowest BCUT2D eigenvalue weighted by Crippen LogP contribution is -2.15. The lowest BCUT2D eigenvalue weighted by atomic mass is 10.0. The molecule has 0 amide bonds. The van der Waals surface area contributed by atoms with E-state index in [0.29, 0.717) is 34.4 Å². The maximum atomic E-state index is 9.86. The van der Waals surface area contributed by atoms with Crippen LogP contribution in [0.2, 0.25) is 5.15 Å². The Morgan fingerprint density at radius 3 is 2.55 bits per heavy atom. The van der Waals surface area contributed by atoms with Crippen molar-refractivity contribution in [1.82, 2.24) is 15.0 Å². The van der Waals surface area contributed by atoms with E-state index < -0.39 is 0 Å². The van der Waals surface area contributed by atoms with Crippen molar-refractivity contribution in [3.8, 4) is 29.1 Å². The molecule has 0 fully saturated rings. The molecule has 7 nitrogen and oxygen atoms in total. The number of nitrogens with zero attached hydrogens (tertiary/aromatic N) is 5. The van der Waals surface area contributed by atoms with Crippen LogP contribution >= 0.6 is 23.4 Å². The number of halogens is 1. The Hall–Kier alpha value is -3.17. The van der Waals surface area contributed by atoms with Gasteiger partial charge in [0.15, 0.2) is 0 Å². The molecule has 0 aromatic carbocycles. The summed E-state index contributed by atoms with van der Waals surface area (Å²) in [5, 5.41) is 19.9. The van der Waals surface area contributed by atoms with Crippen LogP contribution in [0.5, 0.6) is 5.75 Å². The van der Waals surface area contributed by atoms with E-state index >= 15 is 0 Å². The predicted octanol–water partition coefficient (Wildman–Crippen LogP) is 4.64. The lowest BCUT2D eigenvalue weighted by molar-refractivity contribution is 0.0715. The summed E-state index contributed by atoms with van der Waals surface area (Å²) in [6.07, 6.45) is 3.18. The van der Waals surface area contributed by atoms with Crippen LogP contribution in [0.3, 0.4) is 0 Å². The molecule has 3 heterocycles. The molecule has 0 aliphatic heterocycles. The number of ether oxygens (including phenoxy) is 2. The zero-order valence-corrected chi connectivity index (χ0v) is 18.4. The second kappa shape index (κ2) is 10.7. The molecule has 3 aromatic heterocycles. The smallest absolute Gasteiger partial charge is 0.148 e. The summed E-state index contributed by atoms with van der Waals surface area (Å²) in [5.41, 5.74) is 1.98. The third kappa shape index (κ3) is 5.50. The summed E-state index contributed by atoms with van der Waals surface area (Å²) in [5.74, 6) is 1.05. The molecular weight excluding hydrogens is 434 g/mol. The average Bonchev–Trinajstić information content (AvgIpc) is 2.81. The molecule has 3 aromatic rings. The van der Waals surface area contributed by atoms with Gasteiger partial charge < -0.3 is 9.47 Å². The van der Waals surface area contributed by atoms with Crippen LogP contribution in [-0.4, -0.2) is 34.8 Å². The largest absolute Gasteiger partial charge is 0.489 e. The van der Waals surface area contributed by atoms with E-state index in [9.17, 15) is 10.5 Å². The van der Waals surface area contributed by atoms with Crippen molar-refractivity contribution in [2.45, 2.75) is 23.8 Å². The van der Waals surface area contributed by atoms with Gasteiger partial charge in [0.2, 0.25) is 0 Å². The van der Waals surface area contributed by atoms with Crippen molar-refractivity contribution >= 4 is 23.4 Å². The minimum atomic E-state index is -0.0623. The van der Waals surface area contributed by atoms with Gasteiger partial charge in [0.1, 0.15) is 40.2 Å². The van der Waals surface area contributed by atoms with Crippen LogP contribution in [0.25, 0.3) is 11.3 Å². The quantitative estimate of drug-likeness (QED) is 0.360.